The van der Waals surface area contributed by atoms with E-state index in [0.717, 1.165) is 23.1 Å². The first-order chi connectivity index (χ1) is 16.0. The fourth-order valence-electron chi connectivity index (χ4n) is 3.86. The number of carbonyl (C=O) groups excluding carboxylic acids is 2. The molecule has 4 nitrogen and oxygen atoms in total. The Morgan fingerprint density at radius 2 is 1.42 bits per heavy atom. The molecule has 172 valence electrons. The monoisotopic (exact) mass is 462 g/mol. The van der Waals surface area contributed by atoms with Crippen molar-refractivity contribution in [2.45, 2.75) is 45.2 Å². The van der Waals surface area contributed by atoms with E-state index in [-0.39, 0.29) is 24.2 Å². The van der Waals surface area contributed by atoms with Crippen LogP contribution in [0.3, 0.4) is 0 Å². The zero-order valence-corrected chi connectivity index (χ0v) is 20.0. The van der Waals surface area contributed by atoms with Gasteiger partial charge in [0, 0.05) is 30.5 Å². The second-order valence-electron chi connectivity index (χ2n) is 8.19. The number of benzene rings is 3. The molecule has 33 heavy (non-hydrogen) atoms. The molecule has 1 atom stereocenters. The van der Waals surface area contributed by atoms with Crippen molar-refractivity contribution in [1.82, 2.24) is 10.2 Å². The highest BCUT2D eigenvalue weighted by Gasteiger charge is 2.28. The highest BCUT2D eigenvalue weighted by atomic mass is 35.5. The minimum Gasteiger partial charge on any atom is -0.354 e. The topological polar surface area (TPSA) is 49.4 Å². The minimum atomic E-state index is -0.591. The van der Waals surface area contributed by atoms with E-state index >= 15 is 0 Å². The van der Waals surface area contributed by atoms with Crippen LogP contribution in [-0.2, 0) is 16.1 Å². The van der Waals surface area contributed by atoms with Crippen molar-refractivity contribution in [3.63, 3.8) is 0 Å². The molecule has 0 saturated heterocycles. The van der Waals surface area contributed by atoms with Crippen LogP contribution in [0.5, 0.6) is 0 Å². The Labute approximate surface area is 201 Å². The van der Waals surface area contributed by atoms with Crippen molar-refractivity contribution < 1.29 is 9.59 Å². The Morgan fingerprint density at radius 1 is 0.879 bits per heavy atom. The van der Waals surface area contributed by atoms with Gasteiger partial charge in [0.15, 0.2) is 0 Å². The van der Waals surface area contributed by atoms with Crippen LogP contribution < -0.4 is 5.32 Å². The third-order valence-electron chi connectivity index (χ3n) is 5.77. The first-order valence-corrected chi connectivity index (χ1v) is 11.8. The van der Waals surface area contributed by atoms with E-state index in [2.05, 4.69) is 5.32 Å². The van der Waals surface area contributed by atoms with Gasteiger partial charge >= 0.3 is 0 Å². The van der Waals surface area contributed by atoms with Gasteiger partial charge in [-0.3, -0.25) is 9.59 Å². The van der Waals surface area contributed by atoms with E-state index in [0.29, 0.717) is 18.1 Å². The number of halogens is 1. The summed E-state index contributed by atoms with van der Waals surface area (Å²) in [5.41, 5.74) is 3.08. The largest absolute Gasteiger partial charge is 0.354 e. The summed E-state index contributed by atoms with van der Waals surface area (Å²) in [6.45, 7) is 4.72. The Balaban J connectivity index is 1.89. The number of hydrogen-bond acceptors (Lipinski definition) is 2. The first kappa shape index (κ1) is 24.5. The van der Waals surface area contributed by atoms with Crippen molar-refractivity contribution >= 4 is 23.4 Å². The van der Waals surface area contributed by atoms with Gasteiger partial charge in [-0.15, -0.1) is 0 Å². The molecule has 0 aliphatic heterocycles. The fourth-order valence-corrected chi connectivity index (χ4v) is 3.98. The van der Waals surface area contributed by atoms with E-state index in [1.807, 2.05) is 79.7 Å². The molecule has 0 aliphatic carbocycles. The molecule has 0 aromatic heterocycles. The number of nitrogens with one attached hydrogen (secondary N) is 1. The minimum absolute atomic E-state index is 0.0678. The molecule has 1 unspecified atom stereocenters. The molecule has 1 N–H and O–H groups in total. The predicted molar refractivity (Wildman–Crippen MR) is 134 cm³/mol. The molecular weight excluding hydrogens is 432 g/mol. The van der Waals surface area contributed by atoms with Crippen LogP contribution in [0.25, 0.3) is 0 Å². The van der Waals surface area contributed by atoms with Crippen molar-refractivity contribution in [3.8, 4) is 0 Å². The number of hydrogen-bond donors (Lipinski definition) is 1. The summed E-state index contributed by atoms with van der Waals surface area (Å²) in [6.07, 6.45) is 1.11. The van der Waals surface area contributed by atoms with Crippen molar-refractivity contribution in [2.75, 3.05) is 6.54 Å². The summed E-state index contributed by atoms with van der Waals surface area (Å²) >= 11 is 6.04. The van der Waals surface area contributed by atoms with Gasteiger partial charge in [0.2, 0.25) is 11.8 Å². The van der Waals surface area contributed by atoms with E-state index in [1.165, 1.54) is 0 Å². The van der Waals surface area contributed by atoms with Crippen LogP contribution in [0.1, 0.15) is 49.3 Å². The smallest absolute Gasteiger partial charge is 0.242 e. The maximum atomic E-state index is 13.7. The van der Waals surface area contributed by atoms with E-state index in [1.54, 1.807) is 24.0 Å². The lowest BCUT2D eigenvalue weighted by atomic mass is 9.88. The highest BCUT2D eigenvalue weighted by Crippen LogP contribution is 2.29. The molecule has 2 amide bonds. The number of nitrogens with zero attached hydrogens (tertiary/aromatic N) is 1. The maximum Gasteiger partial charge on any atom is 0.242 e. The molecule has 0 heterocycles. The van der Waals surface area contributed by atoms with Crippen molar-refractivity contribution in [1.29, 1.82) is 0 Å². The summed E-state index contributed by atoms with van der Waals surface area (Å²) in [5.74, 6) is -0.310. The lowest BCUT2D eigenvalue weighted by molar-refractivity contribution is -0.140. The molecule has 0 radical (unpaired) electrons. The molecule has 3 aromatic carbocycles. The van der Waals surface area contributed by atoms with Crippen molar-refractivity contribution in [3.05, 3.63) is 107 Å². The van der Waals surface area contributed by atoms with E-state index < -0.39 is 6.04 Å². The molecule has 5 heteroatoms. The van der Waals surface area contributed by atoms with Gasteiger partial charge in [-0.25, -0.2) is 0 Å². The highest BCUT2D eigenvalue weighted by molar-refractivity contribution is 6.30. The van der Waals surface area contributed by atoms with Gasteiger partial charge in [0.25, 0.3) is 0 Å². The van der Waals surface area contributed by atoms with Gasteiger partial charge in [-0.05, 0) is 42.2 Å². The summed E-state index contributed by atoms with van der Waals surface area (Å²) in [5, 5.41) is 3.56. The summed E-state index contributed by atoms with van der Waals surface area (Å²) in [4.78, 5) is 28.2. The summed E-state index contributed by atoms with van der Waals surface area (Å²) in [6, 6.07) is 26.9. The SMILES string of the molecule is CCCNC(=O)C(C)N(Cc1ccc(Cl)cc1)C(=O)CC(c1ccccc1)c1ccccc1. The predicted octanol–water partition coefficient (Wildman–Crippen LogP) is 5.81. The van der Waals surface area contributed by atoms with Gasteiger partial charge in [-0.2, -0.15) is 0 Å². The Hall–Kier alpha value is -3.11. The quantitative estimate of drug-likeness (QED) is 0.413. The second-order valence-corrected chi connectivity index (χ2v) is 8.63. The van der Waals surface area contributed by atoms with Crippen molar-refractivity contribution in [2.24, 2.45) is 0 Å². The molecule has 3 rings (SSSR count). The number of amides is 2. The van der Waals surface area contributed by atoms with Crippen LogP contribution in [0.4, 0.5) is 0 Å². The lowest BCUT2D eigenvalue weighted by Gasteiger charge is -2.30. The Bertz CT molecular complexity index is 983. The normalized spacial score (nSPS) is 11.8. The molecule has 0 saturated carbocycles. The van der Waals surface area contributed by atoms with E-state index in [9.17, 15) is 9.59 Å². The summed E-state index contributed by atoms with van der Waals surface area (Å²) in [7, 11) is 0. The third kappa shape index (κ3) is 6.93. The zero-order valence-electron chi connectivity index (χ0n) is 19.2. The Morgan fingerprint density at radius 3 is 1.94 bits per heavy atom. The van der Waals surface area contributed by atoms with Gasteiger partial charge in [0.05, 0.1) is 0 Å². The van der Waals surface area contributed by atoms with Crippen LogP contribution >= 0.6 is 11.6 Å². The first-order valence-electron chi connectivity index (χ1n) is 11.4. The third-order valence-corrected chi connectivity index (χ3v) is 6.02. The molecule has 0 fully saturated rings. The Kier molecular flexibility index (Phi) is 9.08. The molecule has 0 bridgehead atoms. The van der Waals surface area contributed by atoms with E-state index in [4.69, 9.17) is 11.6 Å². The molecule has 3 aromatic rings. The second kappa shape index (κ2) is 12.2. The molecule has 0 spiro atoms. The van der Waals surface area contributed by atoms with Crippen LogP contribution in [0.15, 0.2) is 84.9 Å². The average molecular weight is 463 g/mol. The standard InChI is InChI=1S/C28H31ClN2O2/c1-3-18-30-28(33)21(2)31(20-22-14-16-25(29)17-15-22)27(32)19-26(23-10-6-4-7-11-23)24-12-8-5-9-13-24/h4-17,21,26H,3,18-20H2,1-2H3,(H,30,33). The molecular formula is C28H31ClN2O2. The van der Waals surface area contributed by atoms with Crippen LogP contribution in [0, 0.1) is 0 Å². The number of carbonyl (C=O) groups is 2. The summed E-state index contributed by atoms with van der Waals surface area (Å²) < 4.78 is 0. The van der Waals surface area contributed by atoms with Gasteiger partial charge in [0.1, 0.15) is 6.04 Å². The van der Waals surface area contributed by atoms with Crippen LogP contribution in [-0.4, -0.2) is 29.3 Å². The maximum absolute atomic E-state index is 13.7. The lowest BCUT2D eigenvalue weighted by Crippen LogP contribution is -2.48. The van der Waals surface area contributed by atoms with Crippen LogP contribution in [0.2, 0.25) is 5.02 Å². The average Bonchev–Trinajstić information content (AvgIpc) is 2.86. The fraction of sp³-hybridized carbons (Fsp3) is 0.286. The number of rotatable bonds is 10. The van der Waals surface area contributed by atoms with Gasteiger partial charge < -0.3 is 10.2 Å². The molecule has 0 aliphatic rings. The van der Waals surface area contributed by atoms with Gasteiger partial charge in [-0.1, -0.05) is 91.3 Å². The zero-order chi connectivity index (χ0) is 23.6.